The summed E-state index contributed by atoms with van der Waals surface area (Å²) in [6, 6.07) is 8.24. The molecule has 0 saturated heterocycles. The zero-order valence-electron chi connectivity index (χ0n) is 8.09. The van der Waals surface area contributed by atoms with E-state index in [9.17, 15) is 0 Å². The van der Waals surface area contributed by atoms with Crippen LogP contribution in [0.2, 0.25) is 0 Å². The molecule has 1 nitrogen and oxygen atoms in total. The highest BCUT2D eigenvalue weighted by Gasteiger charge is 1.99. The second kappa shape index (κ2) is 5.28. The minimum absolute atomic E-state index is 0.582. The van der Waals surface area contributed by atoms with Crippen LogP contribution in [-0.2, 0) is 6.42 Å². The first kappa shape index (κ1) is 10.6. The number of aryl methyl sites for hydroxylation is 1. The van der Waals surface area contributed by atoms with Crippen molar-refractivity contribution in [3.05, 3.63) is 29.8 Å². The number of benzene rings is 1. The molecule has 0 aliphatic rings. The number of hydrogen-bond acceptors (Lipinski definition) is 1. The van der Waals surface area contributed by atoms with E-state index in [1.165, 1.54) is 5.56 Å². The predicted molar refractivity (Wildman–Crippen MR) is 59.7 cm³/mol. The van der Waals surface area contributed by atoms with Crippen molar-refractivity contribution in [1.82, 2.24) is 0 Å². The normalized spacial score (nSPS) is 12.5. The maximum absolute atomic E-state index is 5.15. The first-order chi connectivity index (χ1) is 6.22. The Morgan fingerprint density at radius 1 is 1.46 bits per heavy atom. The topological polar surface area (TPSA) is 9.23 Å². The van der Waals surface area contributed by atoms with Gasteiger partial charge in [0.15, 0.2) is 0 Å². The van der Waals surface area contributed by atoms with Crippen molar-refractivity contribution in [2.75, 3.05) is 7.11 Å². The molecular weight excluding hydrogens is 228 g/mol. The summed E-state index contributed by atoms with van der Waals surface area (Å²) in [4.78, 5) is 0.582. The molecule has 0 N–H and O–H groups in total. The highest BCUT2D eigenvalue weighted by Crippen LogP contribution is 2.15. The summed E-state index contributed by atoms with van der Waals surface area (Å²) in [6.07, 6.45) is 2.26. The van der Waals surface area contributed by atoms with Crippen LogP contribution in [0.25, 0.3) is 0 Å². The van der Waals surface area contributed by atoms with Crippen LogP contribution in [0.4, 0.5) is 0 Å². The van der Waals surface area contributed by atoms with Crippen molar-refractivity contribution in [1.29, 1.82) is 0 Å². The summed E-state index contributed by atoms with van der Waals surface area (Å²) in [5.41, 5.74) is 1.34. The molecule has 0 heterocycles. The molecule has 1 aromatic carbocycles. The minimum Gasteiger partial charge on any atom is -0.497 e. The molecule has 0 aliphatic heterocycles. The molecule has 1 atom stereocenters. The first-order valence-corrected chi connectivity index (χ1v) is 5.41. The fourth-order valence-corrected chi connectivity index (χ4v) is 1.42. The van der Waals surface area contributed by atoms with Crippen molar-refractivity contribution < 1.29 is 4.74 Å². The van der Waals surface area contributed by atoms with Gasteiger partial charge in [0, 0.05) is 4.83 Å². The van der Waals surface area contributed by atoms with Crippen molar-refractivity contribution >= 4 is 15.9 Å². The average molecular weight is 243 g/mol. The Kier molecular flexibility index (Phi) is 4.29. The molecule has 0 aromatic heterocycles. The molecule has 0 spiro atoms. The quantitative estimate of drug-likeness (QED) is 0.736. The molecule has 0 radical (unpaired) electrons. The molecular formula is C11H15BrO. The van der Waals surface area contributed by atoms with E-state index in [0.29, 0.717) is 4.83 Å². The second-order valence-corrected chi connectivity index (χ2v) is 4.73. The SMILES string of the molecule is COc1cccc(CCC(C)Br)c1. The second-order valence-electron chi connectivity index (χ2n) is 3.17. The van der Waals surface area contributed by atoms with Gasteiger partial charge in [0.25, 0.3) is 0 Å². The lowest BCUT2D eigenvalue weighted by Gasteiger charge is -2.05. The Balaban J connectivity index is 2.56. The standard InChI is InChI=1S/C11H15BrO/c1-9(12)6-7-10-4-3-5-11(8-10)13-2/h3-5,8-9H,6-7H2,1-2H3. The van der Waals surface area contributed by atoms with Gasteiger partial charge >= 0.3 is 0 Å². The van der Waals surface area contributed by atoms with E-state index in [1.54, 1.807) is 7.11 Å². The summed E-state index contributed by atoms with van der Waals surface area (Å²) < 4.78 is 5.15. The molecule has 2 heteroatoms. The van der Waals surface area contributed by atoms with E-state index in [4.69, 9.17) is 4.74 Å². The summed E-state index contributed by atoms with van der Waals surface area (Å²) in [5.74, 6) is 0.944. The smallest absolute Gasteiger partial charge is 0.119 e. The third kappa shape index (κ3) is 3.81. The van der Waals surface area contributed by atoms with E-state index in [2.05, 4.69) is 35.0 Å². The van der Waals surface area contributed by atoms with Gasteiger partial charge in [-0.25, -0.2) is 0 Å². The molecule has 1 unspecified atom stereocenters. The molecule has 0 amide bonds. The Bertz CT molecular complexity index is 258. The largest absolute Gasteiger partial charge is 0.497 e. The number of halogens is 1. The zero-order valence-corrected chi connectivity index (χ0v) is 9.67. The van der Waals surface area contributed by atoms with Crippen LogP contribution in [0.5, 0.6) is 5.75 Å². The fourth-order valence-electron chi connectivity index (χ4n) is 1.19. The number of ether oxygens (including phenoxy) is 1. The summed E-state index contributed by atoms with van der Waals surface area (Å²) in [7, 11) is 1.70. The van der Waals surface area contributed by atoms with Crippen LogP contribution in [0, 0.1) is 0 Å². The maximum Gasteiger partial charge on any atom is 0.119 e. The molecule has 1 aromatic rings. The van der Waals surface area contributed by atoms with E-state index in [-0.39, 0.29) is 0 Å². The van der Waals surface area contributed by atoms with Crippen LogP contribution < -0.4 is 4.74 Å². The Morgan fingerprint density at radius 3 is 2.85 bits per heavy atom. The van der Waals surface area contributed by atoms with Crippen LogP contribution in [0.15, 0.2) is 24.3 Å². The number of hydrogen-bond donors (Lipinski definition) is 0. The molecule has 72 valence electrons. The molecule has 1 rings (SSSR count). The van der Waals surface area contributed by atoms with Gasteiger partial charge in [-0.2, -0.15) is 0 Å². The van der Waals surface area contributed by atoms with Crippen LogP contribution >= 0.6 is 15.9 Å². The zero-order chi connectivity index (χ0) is 9.68. The summed E-state index contributed by atoms with van der Waals surface area (Å²) >= 11 is 3.54. The van der Waals surface area contributed by atoms with Crippen LogP contribution in [-0.4, -0.2) is 11.9 Å². The number of alkyl halides is 1. The molecule has 0 fully saturated rings. The van der Waals surface area contributed by atoms with Gasteiger partial charge in [-0.3, -0.25) is 0 Å². The lowest BCUT2D eigenvalue weighted by Crippen LogP contribution is -1.94. The highest BCUT2D eigenvalue weighted by molar-refractivity contribution is 9.09. The minimum atomic E-state index is 0.582. The van der Waals surface area contributed by atoms with Crippen LogP contribution in [0.3, 0.4) is 0 Å². The lowest BCUT2D eigenvalue weighted by atomic mass is 10.1. The van der Waals surface area contributed by atoms with Gasteiger partial charge in [0.2, 0.25) is 0 Å². The monoisotopic (exact) mass is 242 g/mol. The van der Waals surface area contributed by atoms with Gasteiger partial charge in [0.1, 0.15) is 5.75 Å². The Hall–Kier alpha value is -0.500. The van der Waals surface area contributed by atoms with Gasteiger partial charge in [-0.15, -0.1) is 0 Å². The van der Waals surface area contributed by atoms with Crippen molar-refractivity contribution in [2.24, 2.45) is 0 Å². The fraction of sp³-hybridized carbons (Fsp3) is 0.455. The average Bonchev–Trinajstić information content (AvgIpc) is 2.15. The molecule has 13 heavy (non-hydrogen) atoms. The molecule has 0 bridgehead atoms. The van der Waals surface area contributed by atoms with Crippen LogP contribution in [0.1, 0.15) is 18.9 Å². The molecule has 0 saturated carbocycles. The third-order valence-electron chi connectivity index (χ3n) is 1.96. The highest BCUT2D eigenvalue weighted by atomic mass is 79.9. The van der Waals surface area contributed by atoms with Gasteiger partial charge in [-0.1, -0.05) is 35.0 Å². The number of methoxy groups -OCH3 is 1. The summed E-state index contributed by atoms with van der Waals surface area (Å²) in [5, 5.41) is 0. The summed E-state index contributed by atoms with van der Waals surface area (Å²) in [6.45, 7) is 2.17. The Labute approximate surface area is 88.2 Å². The van der Waals surface area contributed by atoms with Crippen molar-refractivity contribution in [3.63, 3.8) is 0 Å². The van der Waals surface area contributed by atoms with Gasteiger partial charge < -0.3 is 4.74 Å². The van der Waals surface area contributed by atoms with Crippen molar-refractivity contribution in [3.8, 4) is 5.75 Å². The maximum atomic E-state index is 5.15. The lowest BCUT2D eigenvalue weighted by molar-refractivity contribution is 0.414. The van der Waals surface area contributed by atoms with Crippen molar-refractivity contribution in [2.45, 2.75) is 24.6 Å². The van der Waals surface area contributed by atoms with E-state index >= 15 is 0 Å². The Morgan fingerprint density at radius 2 is 2.23 bits per heavy atom. The third-order valence-corrected chi connectivity index (χ3v) is 2.42. The first-order valence-electron chi connectivity index (χ1n) is 4.49. The van der Waals surface area contributed by atoms with E-state index in [0.717, 1.165) is 18.6 Å². The van der Waals surface area contributed by atoms with Gasteiger partial charge in [0.05, 0.1) is 7.11 Å². The van der Waals surface area contributed by atoms with Gasteiger partial charge in [-0.05, 0) is 30.5 Å². The predicted octanol–water partition coefficient (Wildman–Crippen LogP) is 3.41. The number of rotatable bonds is 4. The van der Waals surface area contributed by atoms with E-state index < -0.39 is 0 Å². The molecule has 0 aliphatic carbocycles. The van der Waals surface area contributed by atoms with E-state index in [1.807, 2.05) is 12.1 Å².